The molecular formula is C14H17NO. The van der Waals surface area contributed by atoms with Crippen LogP contribution in [0.5, 0.6) is 0 Å². The molecular weight excluding hydrogens is 198 g/mol. The van der Waals surface area contributed by atoms with E-state index < -0.39 is 0 Å². The van der Waals surface area contributed by atoms with Gasteiger partial charge in [-0.15, -0.1) is 0 Å². The minimum atomic E-state index is 0.412. The molecule has 1 unspecified atom stereocenters. The third kappa shape index (κ3) is 1.63. The molecule has 0 saturated carbocycles. The van der Waals surface area contributed by atoms with Crippen LogP contribution in [0.4, 0.5) is 0 Å². The standard InChI is InChI=1S/C14H17NO/c1-11-9-15(10-12-5-4-8-16-12)14-7-3-2-6-13(11)14/h2-3,6-7,9,12H,4-5,8,10H2,1H3. The van der Waals surface area contributed by atoms with Crippen molar-refractivity contribution in [1.82, 2.24) is 4.57 Å². The van der Waals surface area contributed by atoms with Crippen molar-refractivity contribution in [2.75, 3.05) is 6.61 Å². The highest BCUT2D eigenvalue weighted by Gasteiger charge is 2.17. The number of nitrogens with zero attached hydrogens (tertiary/aromatic N) is 1. The molecule has 2 heterocycles. The number of aryl methyl sites for hydroxylation is 1. The number of hydrogen-bond donors (Lipinski definition) is 0. The first-order chi connectivity index (χ1) is 7.84. The smallest absolute Gasteiger partial charge is 0.0754 e. The molecule has 16 heavy (non-hydrogen) atoms. The van der Waals surface area contributed by atoms with Gasteiger partial charge in [0, 0.05) is 30.3 Å². The van der Waals surface area contributed by atoms with E-state index in [9.17, 15) is 0 Å². The molecule has 2 nitrogen and oxygen atoms in total. The molecule has 0 spiro atoms. The minimum Gasteiger partial charge on any atom is -0.376 e. The van der Waals surface area contributed by atoms with Crippen molar-refractivity contribution in [3.63, 3.8) is 0 Å². The molecule has 2 aromatic rings. The lowest BCUT2D eigenvalue weighted by Crippen LogP contribution is -2.13. The van der Waals surface area contributed by atoms with Crippen molar-refractivity contribution in [2.24, 2.45) is 0 Å². The summed E-state index contributed by atoms with van der Waals surface area (Å²) in [5, 5.41) is 1.36. The minimum absolute atomic E-state index is 0.412. The van der Waals surface area contributed by atoms with Crippen LogP contribution in [0.2, 0.25) is 0 Å². The molecule has 3 rings (SSSR count). The molecule has 0 aliphatic carbocycles. The van der Waals surface area contributed by atoms with E-state index >= 15 is 0 Å². The maximum Gasteiger partial charge on any atom is 0.0754 e. The van der Waals surface area contributed by atoms with Gasteiger partial charge in [0.2, 0.25) is 0 Å². The molecule has 1 aromatic carbocycles. The third-order valence-corrected chi connectivity index (χ3v) is 3.41. The van der Waals surface area contributed by atoms with E-state index in [1.54, 1.807) is 0 Å². The number of benzene rings is 1. The highest BCUT2D eigenvalue weighted by atomic mass is 16.5. The maximum atomic E-state index is 5.69. The molecule has 84 valence electrons. The Balaban J connectivity index is 1.96. The lowest BCUT2D eigenvalue weighted by molar-refractivity contribution is 0.0980. The molecule has 1 fully saturated rings. The van der Waals surface area contributed by atoms with E-state index in [1.165, 1.54) is 29.3 Å². The largest absolute Gasteiger partial charge is 0.376 e. The van der Waals surface area contributed by atoms with Crippen LogP contribution < -0.4 is 0 Å². The molecule has 1 aliphatic heterocycles. The molecule has 1 aliphatic rings. The number of ether oxygens (including phenoxy) is 1. The summed E-state index contributed by atoms with van der Waals surface area (Å²) < 4.78 is 8.03. The second-order valence-electron chi connectivity index (χ2n) is 4.62. The Morgan fingerprint density at radius 3 is 3.06 bits per heavy atom. The first-order valence-corrected chi connectivity index (χ1v) is 6.00. The zero-order chi connectivity index (χ0) is 11.0. The van der Waals surface area contributed by atoms with Crippen LogP contribution in [0, 0.1) is 6.92 Å². The summed E-state index contributed by atoms with van der Waals surface area (Å²) in [5.74, 6) is 0. The van der Waals surface area contributed by atoms with Crippen LogP contribution in [-0.4, -0.2) is 17.3 Å². The fourth-order valence-electron chi connectivity index (χ4n) is 2.59. The summed E-state index contributed by atoms with van der Waals surface area (Å²) in [6.07, 6.45) is 5.07. The fourth-order valence-corrected chi connectivity index (χ4v) is 2.59. The van der Waals surface area contributed by atoms with Gasteiger partial charge in [0.15, 0.2) is 0 Å². The molecule has 0 radical (unpaired) electrons. The number of fused-ring (bicyclic) bond motifs is 1. The van der Waals surface area contributed by atoms with Crippen LogP contribution in [-0.2, 0) is 11.3 Å². The zero-order valence-corrected chi connectivity index (χ0v) is 9.65. The predicted octanol–water partition coefficient (Wildman–Crippen LogP) is 3.13. The van der Waals surface area contributed by atoms with E-state index in [-0.39, 0.29) is 0 Å². The van der Waals surface area contributed by atoms with Gasteiger partial charge in [0.1, 0.15) is 0 Å². The summed E-state index contributed by atoms with van der Waals surface area (Å²) in [5.41, 5.74) is 2.68. The molecule has 1 aromatic heterocycles. The third-order valence-electron chi connectivity index (χ3n) is 3.41. The van der Waals surface area contributed by atoms with Gasteiger partial charge < -0.3 is 9.30 Å². The van der Waals surface area contributed by atoms with Crippen LogP contribution in [0.25, 0.3) is 10.9 Å². The normalized spacial score (nSPS) is 20.7. The van der Waals surface area contributed by atoms with Crippen molar-refractivity contribution >= 4 is 10.9 Å². The Labute approximate surface area is 95.8 Å². The van der Waals surface area contributed by atoms with Gasteiger partial charge in [-0.05, 0) is 31.4 Å². The summed E-state index contributed by atoms with van der Waals surface area (Å²) in [7, 11) is 0. The molecule has 0 bridgehead atoms. The van der Waals surface area contributed by atoms with Crippen LogP contribution in [0.3, 0.4) is 0 Å². The monoisotopic (exact) mass is 215 g/mol. The molecule has 1 saturated heterocycles. The first-order valence-electron chi connectivity index (χ1n) is 6.00. The van der Waals surface area contributed by atoms with Crippen molar-refractivity contribution in [2.45, 2.75) is 32.4 Å². The molecule has 1 atom stereocenters. The van der Waals surface area contributed by atoms with Gasteiger partial charge in [0.25, 0.3) is 0 Å². The lowest BCUT2D eigenvalue weighted by atomic mass is 10.2. The first kappa shape index (κ1) is 9.91. The van der Waals surface area contributed by atoms with E-state index in [2.05, 4.69) is 42.0 Å². The average Bonchev–Trinajstić information content (AvgIpc) is 2.90. The highest BCUT2D eigenvalue weighted by molar-refractivity contribution is 5.83. The van der Waals surface area contributed by atoms with E-state index in [1.807, 2.05) is 0 Å². The number of hydrogen-bond acceptors (Lipinski definition) is 1. The van der Waals surface area contributed by atoms with E-state index in [4.69, 9.17) is 4.74 Å². The van der Waals surface area contributed by atoms with Crippen molar-refractivity contribution in [3.05, 3.63) is 36.0 Å². The maximum absolute atomic E-state index is 5.69. The second-order valence-corrected chi connectivity index (χ2v) is 4.62. The summed E-state index contributed by atoms with van der Waals surface area (Å²) in [6.45, 7) is 4.10. The zero-order valence-electron chi connectivity index (χ0n) is 9.65. The van der Waals surface area contributed by atoms with Crippen molar-refractivity contribution < 1.29 is 4.74 Å². The Kier molecular flexibility index (Phi) is 2.44. The summed E-state index contributed by atoms with van der Waals surface area (Å²) in [6, 6.07) is 8.59. The van der Waals surface area contributed by atoms with E-state index in [0.29, 0.717) is 6.10 Å². The second kappa shape index (κ2) is 3.95. The van der Waals surface area contributed by atoms with Crippen molar-refractivity contribution in [3.8, 4) is 0 Å². The van der Waals surface area contributed by atoms with Gasteiger partial charge >= 0.3 is 0 Å². The summed E-state index contributed by atoms with van der Waals surface area (Å²) >= 11 is 0. The molecule has 2 heteroatoms. The summed E-state index contributed by atoms with van der Waals surface area (Å²) in [4.78, 5) is 0. The molecule has 0 N–H and O–H groups in total. The number of aromatic nitrogens is 1. The number of rotatable bonds is 2. The van der Waals surface area contributed by atoms with Gasteiger partial charge in [-0.1, -0.05) is 18.2 Å². The Morgan fingerprint density at radius 1 is 1.38 bits per heavy atom. The van der Waals surface area contributed by atoms with Gasteiger partial charge in [-0.25, -0.2) is 0 Å². The quantitative estimate of drug-likeness (QED) is 0.750. The highest BCUT2D eigenvalue weighted by Crippen LogP contribution is 2.22. The fraction of sp³-hybridized carbons (Fsp3) is 0.429. The SMILES string of the molecule is Cc1cn(CC2CCCO2)c2ccccc12. The Bertz CT molecular complexity index is 494. The predicted molar refractivity (Wildman–Crippen MR) is 65.6 cm³/mol. The van der Waals surface area contributed by atoms with Crippen molar-refractivity contribution in [1.29, 1.82) is 0 Å². The molecule has 0 amide bonds. The lowest BCUT2D eigenvalue weighted by Gasteiger charge is -2.11. The van der Waals surface area contributed by atoms with Crippen LogP contribution in [0.1, 0.15) is 18.4 Å². The van der Waals surface area contributed by atoms with Gasteiger partial charge in [-0.2, -0.15) is 0 Å². The topological polar surface area (TPSA) is 14.2 Å². The average molecular weight is 215 g/mol. The van der Waals surface area contributed by atoms with Crippen LogP contribution >= 0.6 is 0 Å². The van der Waals surface area contributed by atoms with Gasteiger partial charge in [0.05, 0.1) is 6.10 Å². The Hall–Kier alpha value is -1.28. The van der Waals surface area contributed by atoms with E-state index in [0.717, 1.165) is 13.2 Å². The Morgan fingerprint density at radius 2 is 2.25 bits per heavy atom. The number of para-hydroxylation sites is 1. The van der Waals surface area contributed by atoms with Crippen LogP contribution in [0.15, 0.2) is 30.5 Å². The van der Waals surface area contributed by atoms with Gasteiger partial charge in [-0.3, -0.25) is 0 Å².